The van der Waals surface area contributed by atoms with Crippen LogP contribution < -0.4 is 0 Å². The summed E-state index contributed by atoms with van der Waals surface area (Å²) in [5, 5.41) is 0. The van der Waals surface area contributed by atoms with Gasteiger partial charge in [-0.25, -0.2) is 17.9 Å². The quantitative estimate of drug-likeness (QED) is 0.613. The third kappa shape index (κ3) is 2.28. The fourth-order valence-corrected chi connectivity index (χ4v) is 0.925. The monoisotopic (exact) mass is 218 g/mol. The Morgan fingerprint density at radius 1 is 1.29 bits per heavy atom. The Balaban J connectivity index is 2.92. The van der Waals surface area contributed by atoms with Crippen LogP contribution in [0.25, 0.3) is 0 Å². The van der Waals surface area contributed by atoms with Gasteiger partial charge in [0.25, 0.3) is 5.85 Å². The van der Waals surface area contributed by atoms with Crippen molar-refractivity contribution in [3.8, 4) is 0 Å². The van der Waals surface area contributed by atoms with E-state index in [9.17, 15) is 26.3 Å². The molecule has 0 saturated heterocycles. The van der Waals surface area contributed by atoms with Crippen LogP contribution in [0.5, 0.6) is 0 Å². The highest BCUT2D eigenvalue weighted by atomic mass is 19.4. The van der Waals surface area contributed by atoms with E-state index in [4.69, 9.17) is 0 Å². The molecule has 1 rings (SSSR count). The van der Waals surface area contributed by atoms with Gasteiger partial charge >= 0.3 is 6.36 Å². The van der Waals surface area contributed by atoms with Crippen molar-refractivity contribution in [1.82, 2.24) is 0 Å². The van der Waals surface area contributed by atoms with E-state index in [1.54, 1.807) is 0 Å². The molecule has 1 unspecified atom stereocenters. The topological polar surface area (TPSA) is 9.23 Å². The third-order valence-electron chi connectivity index (χ3n) is 1.46. The lowest BCUT2D eigenvalue weighted by molar-refractivity contribution is -0.386. The molecule has 0 spiro atoms. The van der Waals surface area contributed by atoms with E-state index < -0.39 is 30.3 Å². The minimum atomic E-state index is -5.36. The van der Waals surface area contributed by atoms with Crippen molar-refractivity contribution in [2.75, 3.05) is 0 Å². The van der Waals surface area contributed by atoms with Gasteiger partial charge in [-0.2, -0.15) is 0 Å². The molecule has 0 aromatic rings. The van der Waals surface area contributed by atoms with Crippen LogP contribution in [-0.2, 0) is 4.74 Å². The van der Waals surface area contributed by atoms with Gasteiger partial charge in [-0.1, -0.05) is 6.08 Å². The molecular weight excluding hydrogens is 214 g/mol. The summed E-state index contributed by atoms with van der Waals surface area (Å²) in [6.45, 7) is 0. The van der Waals surface area contributed by atoms with Crippen LogP contribution in [0.3, 0.4) is 0 Å². The molecule has 0 aromatic carbocycles. The average molecular weight is 218 g/mol. The van der Waals surface area contributed by atoms with Gasteiger partial charge in [-0.15, -0.1) is 13.2 Å². The van der Waals surface area contributed by atoms with Gasteiger partial charge in [0.1, 0.15) is 0 Å². The second-order valence-electron chi connectivity index (χ2n) is 2.54. The Bertz CT molecular complexity index is 291. The fourth-order valence-electron chi connectivity index (χ4n) is 0.925. The van der Waals surface area contributed by atoms with E-state index in [0.29, 0.717) is 12.2 Å². The maximum Gasteiger partial charge on any atom is 0.525 e. The Hall–Kier alpha value is -0.980. The van der Waals surface area contributed by atoms with Crippen LogP contribution >= 0.6 is 0 Å². The molecule has 0 heterocycles. The molecule has 0 aromatic heterocycles. The van der Waals surface area contributed by atoms with Crippen LogP contribution in [0.15, 0.2) is 23.8 Å². The molecule has 14 heavy (non-hydrogen) atoms. The molecule has 0 radical (unpaired) electrons. The molecular formula is C7H4F6O. The predicted molar refractivity (Wildman–Crippen MR) is 34.0 cm³/mol. The largest absolute Gasteiger partial charge is 0.525 e. The first-order chi connectivity index (χ1) is 6.25. The van der Waals surface area contributed by atoms with Gasteiger partial charge in [0.2, 0.25) is 5.83 Å². The molecule has 1 nitrogen and oxygen atoms in total. The molecule has 1 aliphatic carbocycles. The lowest BCUT2D eigenvalue weighted by Gasteiger charge is -2.25. The molecule has 0 fully saturated rings. The maximum atomic E-state index is 13.0. The van der Waals surface area contributed by atoms with Crippen LogP contribution in [-0.4, -0.2) is 12.2 Å². The molecule has 0 saturated carbocycles. The van der Waals surface area contributed by atoms with Crippen molar-refractivity contribution in [2.24, 2.45) is 0 Å². The number of hydrogen-bond donors (Lipinski definition) is 0. The Morgan fingerprint density at radius 3 is 2.36 bits per heavy atom. The molecule has 0 aliphatic heterocycles. The van der Waals surface area contributed by atoms with E-state index in [1.165, 1.54) is 0 Å². The zero-order chi connectivity index (χ0) is 11.0. The van der Waals surface area contributed by atoms with Crippen molar-refractivity contribution in [3.63, 3.8) is 0 Å². The first-order valence-electron chi connectivity index (χ1n) is 3.43. The van der Waals surface area contributed by atoms with Gasteiger partial charge in [-0.05, 0) is 6.08 Å². The third-order valence-corrected chi connectivity index (χ3v) is 1.46. The number of halogens is 6. The second-order valence-corrected chi connectivity index (χ2v) is 2.54. The second kappa shape index (κ2) is 3.30. The zero-order valence-electron chi connectivity index (χ0n) is 6.54. The van der Waals surface area contributed by atoms with Crippen LogP contribution in [0.2, 0.25) is 0 Å². The van der Waals surface area contributed by atoms with Crippen molar-refractivity contribution in [3.05, 3.63) is 23.8 Å². The van der Waals surface area contributed by atoms with E-state index in [1.807, 2.05) is 0 Å². The standard InChI is InChI=1S/C7H4F6O/c8-4-2-1-3-6(10,5(4)9)14-7(11,12)13/h1-2H,3H2. The summed E-state index contributed by atoms with van der Waals surface area (Å²) in [5.74, 6) is -7.68. The van der Waals surface area contributed by atoms with Gasteiger partial charge in [-0.3, -0.25) is 0 Å². The number of ether oxygens (including phenoxy) is 1. The highest BCUT2D eigenvalue weighted by molar-refractivity contribution is 5.26. The minimum absolute atomic E-state index is 0.535. The average Bonchev–Trinajstić information content (AvgIpc) is 1.97. The highest BCUT2D eigenvalue weighted by Crippen LogP contribution is 2.40. The summed E-state index contributed by atoms with van der Waals surface area (Å²) in [4.78, 5) is 0. The summed E-state index contributed by atoms with van der Waals surface area (Å²) < 4.78 is 75.7. The summed E-state index contributed by atoms with van der Waals surface area (Å²) >= 11 is 0. The van der Waals surface area contributed by atoms with Gasteiger partial charge in [0.05, 0.1) is 0 Å². The summed E-state index contributed by atoms with van der Waals surface area (Å²) in [6, 6.07) is 0. The van der Waals surface area contributed by atoms with Gasteiger partial charge in [0.15, 0.2) is 5.83 Å². The minimum Gasteiger partial charge on any atom is -0.247 e. The first-order valence-corrected chi connectivity index (χ1v) is 3.43. The van der Waals surface area contributed by atoms with Gasteiger partial charge < -0.3 is 0 Å². The van der Waals surface area contributed by atoms with E-state index in [-0.39, 0.29) is 0 Å². The van der Waals surface area contributed by atoms with E-state index >= 15 is 0 Å². The molecule has 1 atom stereocenters. The smallest absolute Gasteiger partial charge is 0.247 e. The van der Waals surface area contributed by atoms with Crippen molar-refractivity contribution in [2.45, 2.75) is 18.6 Å². The maximum absolute atomic E-state index is 13.0. The highest BCUT2D eigenvalue weighted by Gasteiger charge is 2.49. The first kappa shape index (κ1) is 11.1. The Kier molecular flexibility index (Phi) is 2.62. The lowest BCUT2D eigenvalue weighted by atomic mass is 10.1. The Labute approximate surface area is 74.7 Å². The molecule has 0 N–H and O–H groups in total. The normalized spacial score (nSPS) is 28.4. The number of alkyl halides is 4. The Morgan fingerprint density at radius 2 is 1.86 bits per heavy atom. The summed E-state index contributed by atoms with van der Waals surface area (Å²) in [5.41, 5.74) is 0. The van der Waals surface area contributed by atoms with Crippen LogP contribution in [0.4, 0.5) is 26.3 Å². The molecule has 80 valence electrons. The van der Waals surface area contributed by atoms with Gasteiger partial charge in [0, 0.05) is 6.42 Å². The molecule has 0 amide bonds. The van der Waals surface area contributed by atoms with Crippen LogP contribution in [0.1, 0.15) is 6.42 Å². The predicted octanol–water partition coefficient (Wildman–Crippen LogP) is 3.30. The summed E-state index contributed by atoms with van der Waals surface area (Å²) in [7, 11) is 0. The fraction of sp³-hybridized carbons (Fsp3) is 0.429. The summed E-state index contributed by atoms with van der Waals surface area (Å²) in [6.07, 6.45) is -5.14. The van der Waals surface area contributed by atoms with E-state index in [2.05, 4.69) is 4.74 Å². The zero-order valence-corrected chi connectivity index (χ0v) is 6.54. The lowest BCUT2D eigenvalue weighted by Crippen LogP contribution is -2.35. The molecule has 7 heteroatoms. The number of hydrogen-bond acceptors (Lipinski definition) is 1. The van der Waals surface area contributed by atoms with Crippen LogP contribution in [0, 0.1) is 0 Å². The van der Waals surface area contributed by atoms with Crippen molar-refractivity contribution >= 4 is 0 Å². The van der Waals surface area contributed by atoms with Crippen molar-refractivity contribution in [1.29, 1.82) is 0 Å². The van der Waals surface area contributed by atoms with Crippen molar-refractivity contribution < 1.29 is 31.1 Å². The number of allylic oxidation sites excluding steroid dienone is 2. The number of rotatable bonds is 1. The molecule has 1 aliphatic rings. The van der Waals surface area contributed by atoms with E-state index in [0.717, 1.165) is 0 Å². The molecule has 0 bridgehead atoms. The SMILES string of the molecule is FC1=C(F)C(F)(OC(F)(F)F)CC=C1.